The van der Waals surface area contributed by atoms with Gasteiger partial charge in [-0.25, -0.2) is 12.7 Å². The first kappa shape index (κ1) is 13.8. The summed E-state index contributed by atoms with van der Waals surface area (Å²) in [6.45, 7) is 4.28. The Labute approximate surface area is 108 Å². The van der Waals surface area contributed by atoms with Crippen LogP contribution in [0.25, 0.3) is 0 Å². The largest absolute Gasteiger partial charge is 0.481 e. The van der Waals surface area contributed by atoms with E-state index in [9.17, 15) is 18.3 Å². The van der Waals surface area contributed by atoms with Crippen LogP contribution in [0.2, 0.25) is 0 Å². The first-order chi connectivity index (χ1) is 8.28. The van der Waals surface area contributed by atoms with Gasteiger partial charge in [-0.2, -0.15) is 0 Å². The normalized spacial score (nSPS) is 32.9. The van der Waals surface area contributed by atoms with E-state index in [2.05, 4.69) is 0 Å². The van der Waals surface area contributed by atoms with E-state index in [0.29, 0.717) is 13.0 Å². The predicted molar refractivity (Wildman–Crippen MR) is 67.6 cm³/mol. The maximum atomic E-state index is 12.2. The van der Waals surface area contributed by atoms with Crippen molar-refractivity contribution < 1.29 is 18.3 Å². The summed E-state index contributed by atoms with van der Waals surface area (Å²) in [6.07, 6.45) is 2.34. The molecule has 2 fully saturated rings. The Morgan fingerprint density at radius 1 is 1.50 bits per heavy atom. The number of carboxylic acid groups (broad SMARTS) is 1. The van der Waals surface area contributed by atoms with Crippen molar-refractivity contribution >= 4 is 16.0 Å². The Hall–Kier alpha value is -0.620. The molecule has 1 aliphatic heterocycles. The van der Waals surface area contributed by atoms with Gasteiger partial charge in [-0.1, -0.05) is 20.3 Å². The monoisotopic (exact) mass is 275 g/mol. The lowest BCUT2D eigenvalue weighted by molar-refractivity contribution is -0.149. The highest BCUT2D eigenvalue weighted by atomic mass is 32.2. The number of carboxylic acids is 1. The van der Waals surface area contributed by atoms with E-state index in [0.717, 1.165) is 12.8 Å². The lowest BCUT2D eigenvalue weighted by Gasteiger charge is -2.23. The molecule has 0 unspecified atom stereocenters. The van der Waals surface area contributed by atoms with E-state index >= 15 is 0 Å². The van der Waals surface area contributed by atoms with Gasteiger partial charge < -0.3 is 5.11 Å². The summed E-state index contributed by atoms with van der Waals surface area (Å²) < 4.78 is 25.8. The summed E-state index contributed by atoms with van der Waals surface area (Å²) in [7, 11) is -3.30. The van der Waals surface area contributed by atoms with E-state index in [1.165, 1.54) is 4.31 Å². The standard InChI is InChI=1S/C12H21NO4S/c1-9(2)7-18(16,17)13-6-10-4-3-5-12(10,8-13)11(14)15/h9-10H,3-8H2,1-2H3,(H,14,15)/t10-,12+/m0/s1. The van der Waals surface area contributed by atoms with Crippen molar-refractivity contribution in [3.63, 3.8) is 0 Å². The zero-order chi connectivity index (χ0) is 13.6. The molecule has 2 aliphatic rings. The van der Waals surface area contributed by atoms with E-state index in [1.54, 1.807) is 0 Å². The second kappa shape index (κ2) is 4.49. The Bertz CT molecular complexity index is 445. The van der Waals surface area contributed by atoms with Crippen LogP contribution in [0.4, 0.5) is 0 Å². The molecule has 1 N–H and O–H groups in total. The Kier molecular flexibility index (Phi) is 3.44. The van der Waals surface area contributed by atoms with Crippen LogP contribution >= 0.6 is 0 Å². The molecule has 0 radical (unpaired) electrons. The van der Waals surface area contributed by atoms with Crippen molar-refractivity contribution in [2.75, 3.05) is 18.8 Å². The van der Waals surface area contributed by atoms with E-state index in [1.807, 2.05) is 13.8 Å². The van der Waals surface area contributed by atoms with Gasteiger partial charge in [0, 0.05) is 13.1 Å². The molecule has 0 spiro atoms. The summed E-state index contributed by atoms with van der Waals surface area (Å²) in [5, 5.41) is 9.42. The van der Waals surface area contributed by atoms with E-state index < -0.39 is 21.4 Å². The Morgan fingerprint density at radius 3 is 2.67 bits per heavy atom. The van der Waals surface area contributed by atoms with Gasteiger partial charge in [-0.3, -0.25) is 4.79 Å². The fourth-order valence-corrected chi connectivity index (χ4v) is 5.22. The molecule has 0 aromatic heterocycles. The van der Waals surface area contributed by atoms with Crippen LogP contribution in [0.3, 0.4) is 0 Å². The topological polar surface area (TPSA) is 74.7 Å². The summed E-state index contributed by atoms with van der Waals surface area (Å²) in [6, 6.07) is 0. The maximum Gasteiger partial charge on any atom is 0.311 e. The molecular weight excluding hydrogens is 254 g/mol. The van der Waals surface area contributed by atoms with Crippen LogP contribution in [0.1, 0.15) is 33.1 Å². The quantitative estimate of drug-likeness (QED) is 0.835. The van der Waals surface area contributed by atoms with Gasteiger partial charge in [0.15, 0.2) is 0 Å². The minimum absolute atomic E-state index is 0.00284. The molecule has 1 aliphatic carbocycles. The number of nitrogens with zero attached hydrogens (tertiary/aromatic N) is 1. The third-order valence-electron chi connectivity index (χ3n) is 4.20. The molecule has 0 bridgehead atoms. The fourth-order valence-electron chi connectivity index (χ4n) is 3.33. The van der Waals surface area contributed by atoms with Crippen LogP contribution < -0.4 is 0 Å². The summed E-state index contributed by atoms with van der Waals surface area (Å²) in [4.78, 5) is 11.5. The van der Waals surface area contributed by atoms with E-state index in [-0.39, 0.29) is 24.1 Å². The highest BCUT2D eigenvalue weighted by Crippen LogP contribution is 2.49. The lowest BCUT2D eigenvalue weighted by atomic mass is 9.81. The third kappa shape index (κ3) is 2.16. The Balaban J connectivity index is 2.20. The van der Waals surface area contributed by atoms with Crippen LogP contribution in [0.15, 0.2) is 0 Å². The number of rotatable bonds is 4. The number of hydrogen-bond acceptors (Lipinski definition) is 3. The molecule has 5 nitrogen and oxygen atoms in total. The number of carbonyl (C=O) groups is 1. The molecule has 2 rings (SSSR count). The maximum absolute atomic E-state index is 12.2. The second-order valence-electron chi connectivity index (χ2n) is 6.02. The van der Waals surface area contributed by atoms with Gasteiger partial charge in [0.1, 0.15) is 0 Å². The summed E-state index contributed by atoms with van der Waals surface area (Å²) in [5.41, 5.74) is -0.815. The number of aliphatic carboxylic acids is 1. The number of sulfonamides is 1. The van der Waals surface area contributed by atoms with Crippen molar-refractivity contribution in [2.45, 2.75) is 33.1 Å². The molecule has 2 atom stereocenters. The highest BCUT2D eigenvalue weighted by Gasteiger charge is 2.56. The molecule has 6 heteroatoms. The first-order valence-corrected chi connectivity index (χ1v) is 8.10. The molecule has 0 aromatic rings. The molecule has 0 aromatic carbocycles. The molecule has 104 valence electrons. The van der Waals surface area contributed by atoms with E-state index in [4.69, 9.17) is 0 Å². The molecule has 1 heterocycles. The molecule has 1 saturated carbocycles. The van der Waals surface area contributed by atoms with Gasteiger partial charge >= 0.3 is 5.97 Å². The van der Waals surface area contributed by atoms with Crippen molar-refractivity contribution in [3.05, 3.63) is 0 Å². The first-order valence-electron chi connectivity index (χ1n) is 6.49. The third-order valence-corrected chi connectivity index (χ3v) is 6.36. The lowest BCUT2D eigenvalue weighted by Crippen LogP contribution is -2.38. The zero-order valence-electron chi connectivity index (χ0n) is 10.9. The molecule has 18 heavy (non-hydrogen) atoms. The predicted octanol–water partition coefficient (Wildman–Crippen LogP) is 1.16. The minimum Gasteiger partial charge on any atom is -0.481 e. The van der Waals surface area contributed by atoms with Crippen molar-refractivity contribution in [3.8, 4) is 0 Å². The van der Waals surface area contributed by atoms with Crippen molar-refractivity contribution in [1.29, 1.82) is 0 Å². The molecule has 1 saturated heterocycles. The average Bonchev–Trinajstić information content (AvgIpc) is 2.70. The van der Waals surface area contributed by atoms with Crippen molar-refractivity contribution in [1.82, 2.24) is 4.31 Å². The fraction of sp³-hybridized carbons (Fsp3) is 0.917. The summed E-state index contributed by atoms with van der Waals surface area (Å²) >= 11 is 0. The van der Waals surface area contributed by atoms with Crippen LogP contribution in [0.5, 0.6) is 0 Å². The zero-order valence-corrected chi connectivity index (χ0v) is 11.7. The summed E-state index contributed by atoms with van der Waals surface area (Å²) in [5.74, 6) is -0.657. The minimum atomic E-state index is -3.30. The molecule has 0 amide bonds. The van der Waals surface area contributed by atoms with Gasteiger partial charge in [-0.15, -0.1) is 0 Å². The van der Waals surface area contributed by atoms with Gasteiger partial charge in [0.05, 0.1) is 11.2 Å². The number of hydrogen-bond donors (Lipinski definition) is 1. The SMILES string of the molecule is CC(C)CS(=O)(=O)N1C[C@@H]2CCC[C@@]2(C(=O)O)C1. The molecular formula is C12H21NO4S. The van der Waals surface area contributed by atoms with Crippen LogP contribution in [0, 0.1) is 17.3 Å². The Morgan fingerprint density at radius 2 is 2.17 bits per heavy atom. The smallest absolute Gasteiger partial charge is 0.311 e. The van der Waals surface area contributed by atoms with Gasteiger partial charge in [-0.05, 0) is 24.7 Å². The van der Waals surface area contributed by atoms with Crippen LogP contribution in [-0.2, 0) is 14.8 Å². The van der Waals surface area contributed by atoms with Gasteiger partial charge in [0.25, 0.3) is 0 Å². The average molecular weight is 275 g/mol. The number of fused-ring (bicyclic) bond motifs is 1. The second-order valence-corrected chi connectivity index (χ2v) is 8.03. The van der Waals surface area contributed by atoms with Crippen molar-refractivity contribution in [2.24, 2.45) is 17.3 Å². The van der Waals surface area contributed by atoms with Gasteiger partial charge in [0.2, 0.25) is 10.0 Å². The highest BCUT2D eigenvalue weighted by molar-refractivity contribution is 7.89. The van der Waals surface area contributed by atoms with Crippen LogP contribution in [-0.4, -0.2) is 42.6 Å².